The molecule has 0 aliphatic carbocycles. The molecule has 1 heterocycles. The molecule has 1 aliphatic rings. The van der Waals surface area contributed by atoms with Gasteiger partial charge in [0.2, 0.25) is 0 Å². The summed E-state index contributed by atoms with van der Waals surface area (Å²) >= 11 is 0. The third-order valence-corrected chi connectivity index (χ3v) is 5.32. The van der Waals surface area contributed by atoms with Crippen molar-refractivity contribution in [2.24, 2.45) is 5.92 Å². The Bertz CT molecular complexity index is 560. The summed E-state index contributed by atoms with van der Waals surface area (Å²) in [5.74, 6) is -1.16. The fourth-order valence-corrected chi connectivity index (χ4v) is 4.14. The maximum absolute atomic E-state index is 13.1. The van der Waals surface area contributed by atoms with Gasteiger partial charge in [-0.05, 0) is 43.5 Å². The number of benzene rings is 1. The summed E-state index contributed by atoms with van der Waals surface area (Å²) in [6.07, 6.45) is 0.667. The lowest BCUT2D eigenvalue weighted by molar-refractivity contribution is 0.469. The summed E-state index contributed by atoms with van der Waals surface area (Å²) in [5, 5.41) is 3.17. The van der Waals surface area contributed by atoms with Crippen molar-refractivity contribution < 1.29 is 17.2 Å². The molecule has 0 aromatic heterocycles. The lowest BCUT2D eigenvalue weighted by Crippen LogP contribution is -2.26. The van der Waals surface area contributed by atoms with Crippen molar-refractivity contribution in [2.75, 3.05) is 18.1 Å². The zero-order chi connectivity index (χ0) is 14.0. The molecule has 2 rings (SSSR count). The summed E-state index contributed by atoms with van der Waals surface area (Å²) in [5.41, 5.74) is 0.653. The van der Waals surface area contributed by atoms with Crippen LogP contribution in [0, 0.1) is 17.6 Å². The monoisotopic (exact) mass is 289 g/mol. The van der Waals surface area contributed by atoms with Gasteiger partial charge in [0.25, 0.3) is 0 Å². The lowest BCUT2D eigenvalue weighted by Gasteiger charge is -2.17. The number of nitrogens with one attached hydrogen (secondary N) is 1. The molecule has 3 nitrogen and oxygen atoms in total. The standard InChI is InChI=1S/C13H17F2NO2S/c1-9(11-2-3-12(14)13(15)6-11)16-7-10-4-5-19(17,18)8-10/h2-3,6,9-10,16H,4-5,7-8H2,1H3. The van der Waals surface area contributed by atoms with Crippen molar-refractivity contribution in [1.82, 2.24) is 5.32 Å². The minimum atomic E-state index is -2.87. The Labute approximate surface area is 111 Å². The van der Waals surface area contributed by atoms with E-state index < -0.39 is 21.5 Å². The molecule has 19 heavy (non-hydrogen) atoms. The van der Waals surface area contributed by atoms with Gasteiger partial charge < -0.3 is 5.32 Å². The van der Waals surface area contributed by atoms with E-state index in [1.165, 1.54) is 12.1 Å². The molecule has 1 aromatic carbocycles. The van der Waals surface area contributed by atoms with Crippen LogP contribution < -0.4 is 5.32 Å². The first-order valence-corrected chi connectivity index (χ1v) is 8.08. The molecule has 0 amide bonds. The van der Waals surface area contributed by atoms with Crippen LogP contribution in [0.2, 0.25) is 0 Å². The fraction of sp³-hybridized carbons (Fsp3) is 0.538. The van der Waals surface area contributed by atoms with Crippen LogP contribution in [0.15, 0.2) is 18.2 Å². The lowest BCUT2D eigenvalue weighted by atomic mass is 10.1. The molecule has 6 heteroatoms. The third kappa shape index (κ3) is 3.73. The van der Waals surface area contributed by atoms with Crippen LogP contribution in [0.5, 0.6) is 0 Å². The van der Waals surface area contributed by atoms with Crippen LogP contribution in [0.3, 0.4) is 0 Å². The predicted molar refractivity (Wildman–Crippen MR) is 69.5 cm³/mol. The molecule has 106 valence electrons. The van der Waals surface area contributed by atoms with Crippen molar-refractivity contribution in [3.63, 3.8) is 0 Å². The molecule has 1 N–H and O–H groups in total. The Morgan fingerprint density at radius 3 is 2.68 bits per heavy atom. The maximum Gasteiger partial charge on any atom is 0.159 e. The largest absolute Gasteiger partial charge is 0.310 e. The molecule has 0 spiro atoms. The van der Waals surface area contributed by atoms with E-state index in [4.69, 9.17) is 0 Å². The van der Waals surface area contributed by atoms with Gasteiger partial charge in [-0.15, -0.1) is 0 Å². The van der Waals surface area contributed by atoms with Crippen LogP contribution in [0.25, 0.3) is 0 Å². The van der Waals surface area contributed by atoms with Crippen LogP contribution >= 0.6 is 0 Å². The predicted octanol–water partition coefficient (Wildman–Crippen LogP) is 2.05. The summed E-state index contributed by atoms with van der Waals surface area (Å²) in [6, 6.07) is 3.65. The third-order valence-electron chi connectivity index (χ3n) is 3.48. The number of hydrogen-bond acceptors (Lipinski definition) is 3. The molecule has 1 fully saturated rings. The molecule has 2 atom stereocenters. The van der Waals surface area contributed by atoms with Gasteiger partial charge in [-0.1, -0.05) is 6.07 Å². The minimum Gasteiger partial charge on any atom is -0.310 e. The van der Waals surface area contributed by atoms with E-state index in [9.17, 15) is 17.2 Å². The number of hydrogen-bond donors (Lipinski definition) is 1. The molecule has 1 aliphatic heterocycles. The van der Waals surface area contributed by atoms with Crippen LogP contribution in [-0.2, 0) is 9.84 Å². The molecule has 1 aromatic rings. The van der Waals surface area contributed by atoms with Crippen molar-refractivity contribution in [1.29, 1.82) is 0 Å². The molecular formula is C13H17F2NO2S. The fourth-order valence-electron chi connectivity index (χ4n) is 2.28. The Hall–Kier alpha value is -1.01. The average molecular weight is 289 g/mol. The molecule has 2 unspecified atom stereocenters. The summed E-state index contributed by atoms with van der Waals surface area (Å²) in [6.45, 7) is 2.41. The molecular weight excluding hydrogens is 272 g/mol. The summed E-state index contributed by atoms with van der Waals surface area (Å²) < 4.78 is 48.6. The molecule has 1 saturated heterocycles. The van der Waals surface area contributed by atoms with Crippen molar-refractivity contribution in [3.8, 4) is 0 Å². The van der Waals surface area contributed by atoms with Crippen LogP contribution in [-0.4, -0.2) is 26.5 Å². The quantitative estimate of drug-likeness (QED) is 0.923. The van der Waals surface area contributed by atoms with Gasteiger partial charge >= 0.3 is 0 Å². The van der Waals surface area contributed by atoms with Gasteiger partial charge in [0, 0.05) is 6.04 Å². The number of sulfone groups is 1. The highest BCUT2D eigenvalue weighted by molar-refractivity contribution is 7.91. The van der Waals surface area contributed by atoms with Crippen molar-refractivity contribution >= 4 is 9.84 Å². The smallest absolute Gasteiger partial charge is 0.159 e. The zero-order valence-electron chi connectivity index (χ0n) is 10.7. The maximum atomic E-state index is 13.1. The van der Waals surface area contributed by atoms with Crippen molar-refractivity contribution in [2.45, 2.75) is 19.4 Å². The first-order chi connectivity index (χ1) is 8.87. The average Bonchev–Trinajstić information content (AvgIpc) is 2.69. The Kier molecular flexibility index (Phi) is 4.20. The second kappa shape index (κ2) is 5.54. The van der Waals surface area contributed by atoms with Gasteiger partial charge in [-0.25, -0.2) is 17.2 Å². The Morgan fingerprint density at radius 2 is 2.11 bits per heavy atom. The first-order valence-electron chi connectivity index (χ1n) is 6.26. The SMILES string of the molecule is CC(NCC1CCS(=O)(=O)C1)c1ccc(F)c(F)c1. The Morgan fingerprint density at radius 1 is 1.37 bits per heavy atom. The van der Waals surface area contributed by atoms with E-state index in [1.807, 2.05) is 6.92 Å². The van der Waals surface area contributed by atoms with Gasteiger partial charge in [-0.2, -0.15) is 0 Å². The van der Waals surface area contributed by atoms with E-state index in [1.54, 1.807) is 0 Å². The van der Waals surface area contributed by atoms with Crippen LogP contribution in [0.4, 0.5) is 8.78 Å². The van der Waals surface area contributed by atoms with E-state index >= 15 is 0 Å². The van der Waals surface area contributed by atoms with Gasteiger partial charge in [0.05, 0.1) is 11.5 Å². The molecule has 0 bridgehead atoms. The van der Waals surface area contributed by atoms with E-state index in [2.05, 4.69) is 5.32 Å². The first kappa shape index (κ1) is 14.4. The van der Waals surface area contributed by atoms with Gasteiger partial charge in [0.1, 0.15) is 0 Å². The summed E-state index contributed by atoms with van der Waals surface area (Å²) in [7, 11) is -2.87. The van der Waals surface area contributed by atoms with E-state index in [0.29, 0.717) is 18.5 Å². The summed E-state index contributed by atoms with van der Waals surface area (Å²) in [4.78, 5) is 0. The highest BCUT2D eigenvalue weighted by Gasteiger charge is 2.27. The van der Waals surface area contributed by atoms with Crippen LogP contribution in [0.1, 0.15) is 24.9 Å². The van der Waals surface area contributed by atoms with E-state index in [-0.39, 0.29) is 23.5 Å². The Balaban J connectivity index is 1.91. The van der Waals surface area contributed by atoms with E-state index in [0.717, 1.165) is 6.07 Å². The normalized spacial score (nSPS) is 23.4. The highest BCUT2D eigenvalue weighted by Crippen LogP contribution is 2.20. The second-order valence-corrected chi connectivity index (χ2v) is 7.30. The molecule has 0 radical (unpaired) electrons. The molecule has 0 saturated carbocycles. The second-order valence-electron chi connectivity index (χ2n) is 5.07. The van der Waals surface area contributed by atoms with Crippen molar-refractivity contribution in [3.05, 3.63) is 35.4 Å². The zero-order valence-corrected chi connectivity index (χ0v) is 11.5. The topological polar surface area (TPSA) is 46.2 Å². The minimum absolute atomic E-state index is 0.109. The van der Waals surface area contributed by atoms with Gasteiger partial charge in [-0.3, -0.25) is 0 Å². The van der Waals surface area contributed by atoms with Gasteiger partial charge in [0.15, 0.2) is 21.5 Å². The number of rotatable bonds is 4. The number of halogens is 2. The highest BCUT2D eigenvalue weighted by atomic mass is 32.2.